The van der Waals surface area contributed by atoms with Crippen molar-refractivity contribution < 1.29 is 29.3 Å². The van der Waals surface area contributed by atoms with E-state index in [-0.39, 0.29) is 39.8 Å². The van der Waals surface area contributed by atoms with Crippen LogP contribution in [0.5, 0.6) is 0 Å². The average Bonchev–Trinajstić information content (AvgIpc) is 3.06. The third-order valence-electron chi connectivity index (χ3n) is 12.5. The van der Waals surface area contributed by atoms with Gasteiger partial charge in [0, 0.05) is 30.4 Å². The molecule has 0 radical (unpaired) electrons. The van der Waals surface area contributed by atoms with E-state index in [1.165, 1.54) is 18.1 Å². The highest BCUT2D eigenvalue weighted by molar-refractivity contribution is 5.85. The van der Waals surface area contributed by atoms with E-state index >= 15 is 0 Å². The van der Waals surface area contributed by atoms with E-state index < -0.39 is 12.1 Å². The fraction of sp³-hybridized carbons (Fsp3) is 0.818. The van der Waals surface area contributed by atoms with Gasteiger partial charge in [-0.2, -0.15) is 0 Å². The van der Waals surface area contributed by atoms with E-state index in [1.54, 1.807) is 6.92 Å². The predicted octanol–water partition coefficient (Wildman–Crippen LogP) is 6.71. The van der Waals surface area contributed by atoms with Crippen LogP contribution in [0.25, 0.3) is 0 Å². The second-order valence-electron chi connectivity index (χ2n) is 14.5. The van der Waals surface area contributed by atoms with Crippen molar-refractivity contribution in [3.8, 4) is 0 Å². The van der Waals surface area contributed by atoms with E-state index in [9.17, 15) is 19.8 Å². The number of ether oxygens (including phenoxy) is 2. The smallest absolute Gasteiger partial charge is 0.330 e. The quantitative estimate of drug-likeness (QED) is 0.210. The lowest BCUT2D eigenvalue weighted by Crippen LogP contribution is -2.59. The SMILES string of the molecule is COC1CC2C(C)(CCC(OC(C)=O)C2(C)C)C2=C1C1(C)C(O)CC(C(C)CCC=C(C)C(=O)O)C1(C)CC2. The summed E-state index contributed by atoms with van der Waals surface area (Å²) in [5.41, 5.74) is 2.60. The van der Waals surface area contributed by atoms with Crippen LogP contribution < -0.4 is 0 Å². The first-order chi connectivity index (χ1) is 18.1. The van der Waals surface area contributed by atoms with Gasteiger partial charge < -0.3 is 19.7 Å². The zero-order valence-corrected chi connectivity index (χ0v) is 25.7. The first-order valence-corrected chi connectivity index (χ1v) is 15.1. The lowest BCUT2D eigenvalue weighted by Gasteiger charge is -2.63. The van der Waals surface area contributed by atoms with Crippen LogP contribution in [0.4, 0.5) is 0 Å². The number of carbonyl (C=O) groups excluding carboxylic acids is 1. The molecule has 4 aliphatic carbocycles. The molecular formula is C33H52O6. The van der Waals surface area contributed by atoms with Gasteiger partial charge in [-0.3, -0.25) is 4.79 Å². The van der Waals surface area contributed by atoms with Gasteiger partial charge in [0.2, 0.25) is 0 Å². The van der Waals surface area contributed by atoms with Gasteiger partial charge in [-0.1, -0.05) is 53.2 Å². The summed E-state index contributed by atoms with van der Waals surface area (Å²) >= 11 is 0. The Labute approximate surface area is 235 Å². The van der Waals surface area contributed by atoms with Crippen LogP contribution in [0, 0.1) is 39.4 Å². The molecule has 0 aliphatic heterocycles. The molecule has 0 aromatic heterocycles. The number of hydrogen-bond acceptors (Lipinski definition) is 5. The first-order valence-electron chi connectivity index (χ1n) is 15.1. The molecule has 0 heterocycles. The summed E-state index contributed by atoms with van der Waals surface area (Å²) in [7, 11) is 1.81. The molecule has 9 unspecified atom stereocenters. The van der Waals surface area contributed by atoms with Gasteiger partial charge in [-0.05, 0) is 92.4 Å². The fourth-order valence-electron chi connectivity index (χ4n) is 10.0. The van der Waals surface area contributed by atoms with Crippen molar-refractivity contribution in [2.75, 3.05) is 7.11 Å². The lowest BCUT2D eigenvalue weighted by atomic mass is 9.42. The number of aliphatic hydroxyl groups excluding tert-OH is 1. The van der Waals surface area contributed by atoms with Crippen LogP contribution in [-0.4, -0.2) is 47.6 Å². The molecule has 39 heavy (non-hydrogen) atoms. The van der Waals surface area contributed by atoms with E-state index in [1.807, 2.05) is 13.2 Å². The van der Waals surface area contributed by atoms with E-state index in [2.05, 4.69) is 41.5 Å². The van der Waals surface area contributed by atoms with Gasteiger partial charge in [0.25, 0.3) is 0 Å². The van der Waals surface area contributed by atoms with Crippen molar-refractivity contribution in [2.24, 2.45) is 39.4 Å². The second-order valence-corrected chi connectivity index (χ2v) is 14.5. The number of carbonyl (C=O) groups is 2. The van der Waals surface area contributed by atoms with Gasteiger partial charge in [0.1, 0.15) is 6.10 Å². The van der Waals surface area contributed by atoms with Crippen molar-refractivity contribution in [1.82, 2.24) is 0 Å². The first kappa shape index (κ1) is 30.3. The molecule has 4 rings (SSSR count). The number of carboxylic acids is 1. The van der Waals surface area contributed by atoms with Crippen LogP contribution in [0.2, 0.25) is 0 Å². The van der Waals surface area contributed by atoms with Crippen molar-refractivity contribution in [2.45, 2.75) is 125 Å². The number of rotatable bonds is 7. The minimum Gasteiger partial charge on any atom is -0.478 e. The molecule has 2 saturated carbocycles. The Hall–Kier alpha value is -1.66. The third-order valence-corrected chi connectivity index (χ3v) is 12.5. The number of carboxylic acid groups (broad SMARTS) is 1. The van der Waals surface area contributed by atoms with Gasteiger partial charge in [0.05, 0.1) is 12.2 Å². The highest BCUT2D eigenvalue weighted by Gasteiger charge is 2.68. The molecule has 0 amide bonds. The van der Waals surface area contributed by atoms with E-state index in [4.69, 9.17) is 9.47 Å². The Morgan fingerprint density at radius 3 is 2.36 bits per heavy atom. The number of methoxy groups -OCH3 is 1. The summed E-state index contributed by atoms with van der Waals surface area (Å²) < 4.78 is 12.2. The van der Waals surface area contributed by atoms with Gasteiger partial charge in [-0.15, -0.1) is 0 Å². The number of aliphatic hydroxyl groups is 1. The molecule has 0 saturated heterocycles. The largest absolute Gasteiger partial charge is 0.478 e. The normalized spacial score (nSPS) is 42.3. The Bertz CT molecular complexity index is 1060. The molecule has 4 aliphatic rings. The summed E-state index contributed by atoms with van der Waals surface area (Å²) in [6, 6.07) is 0. The fourth-order valence-corrected chi connectivity index (χ4v) is 10.0. The molecule has 6 heteroatoms. The summed E-state index contributed by atoms with van der Waals surface area (Å²) in [6.45, 7) is 17.1. The molecule has 220 valence electrons. The van der Waals surface area contributed by atoms with E-state index in [0.717, 1.165) is 51.4 Å². The van der Waals surface area contributed by atoms with Gasteiger partial charge >= 0.3 is 11.9 Å². The van der Waals surface area contributed by atoms with Crippen LogP contribution in [-0.2, 0) is 19.1 Å². The number of fused-ring (bicyclic) bond motifs is 4. The molecule has 0 spiro atoms. The second kappa shape index (κ2) is 10.3. The molecule has 2 N–H and O–H groups in total. The third kappa shape index (κ3) is 4.52. The minimum atomic E-state index is -0.856. The lowest BCUT2D eigenvalue weighted by molar-refractivity contribution is -0.171. The Morgan fingerprint density at radius 1 is 1.10 bits per heavy atom. The van der Waals surface area contributed by atoms with Gasteiger partial charge in [-0.25, -0.2) is 4.79 Å². The molecular weight excluding hydrogens is 492 g/mol. The zero-order chi connectivity index (χ0) is 29.1. The maximum Gasteiger partial charge on any atom is 0.330 e. The summed E-state index contributed by atoms with van der Waals surface area (Å²) in [6.07, 6.45) is 8.40. The predicted molar refractivity (Wildman–Crippen MR) is 152 cm³/mol. The zero-order valence-electron chi connectivity index (χ0n) is 25.7. The van der Waals surface area contributed by atoms with Crippen LogP contribution >= 0.6 is 0 Å². The Morgan fingerprint density at radius 2 is 1.77 bits per heavy atom. The number of allylic oxidation sites excluding steroid dienone is 2. The maximum absolute atomic E-state index is 11.9. The number of esters is 1. The van der Waals surface area contributed by atoms with Crippen LogP contribution in [0.3, 0.4) is 0 Å². The molecule has 0 aromatic rings. The highest BCUT2D eigenvalue weighted by atomic mass is 16.5. The highest BCUT2D eigenvalue weighted by Crippen LogP contribution is 2.72. The van der Waals surface area contributed by atoms with Crippen molar-refractivity contribution in [3.63, 3.8) is 0 Å². The van der Waals surface area contributed by atoms with Gasteiger partial charge in [0.15, 0.2) is 0 Å². The van der Waals surface area contributed by atoms with E-state index in [0.29, 0.717) is 23.3 Å². The molecule has 2 fully saturated rings. The molecule has 9 atom stereocenters. The maximum atomic E-state index is 11.9. The van der Waals surface area contributed by atoms with Crippen molar-refractivity contribution >= 4 is 11.9 Å². The topological polar surface area (TPSA) is 93.1 Å². The minimum absolute atomic E-state index is 0.0164. The molecule has 0 bridgehead atoms. The Kier molecular flexibility index (Phi) is 8.01. The van der Waals surface area contributed by atoms with Crippen molar-refractivity contribution in [1.29, 1.82) is 0 Å². The summed E-state index contributed by atoms with van der Waals surface area (Å²) in [5, 5.41) is 21.1. The molecule has 0 aromatic carbocycles. The van der Waals surface area contributed by atoms with Crippen LogP contribution in [0.1, 0.15) is 107 Å². The van der Waals surface area contributed by atoms with Crippen LogP contribution in [0.15, 0.2) is 22.8 Å². The summed E-state index contributed by atoms with van der Waals surface area (Å²) in [5.74, 6) is -0.0245. The Balaban J connectivity index is 1.71. The standard InChI is InChI=1S/C33H52O6/c1-19(11-10-12-20(2)29(36)37)23-17-26(35)33(8)28-22(13-16-32(23,33)7)31(6)15-14-27(39-21(3)34)30(4,5)25(31)18-24(28)38-9/h12,19,23-27,35H,10-11,13-18H2,1-9H3,(H,36,37). The number of aliphatic carboxylic acids is 1. The number of hydrogen-bond donors (Lipinski definition) is 2. The average molecular weight is 545 g/mol. The summed E-state index contributed by atoms with van der Waals surface area (Å²) in [4.78, 5) is 23.2. The molecule has 6 nitrogen and oxygen atoms in total. The monoisotopic (exact) mass is 544 g/mol. The van der Waals surface area contributed by atoms with Crippen molar-refractivity contribution in [3.05, 3.63) is 22.8 Å².